The average molecular weight is 297 g/mol. The van der Waals surface area contributed by atoms with Gasteiger partial charge < -0.3 is 17.0 Å². The summed E-state index contributed by atoms with van der Waals surface area (Å²) in [6, 6.07) is 0. The van der Waals surface area contributed by atoms with Crippen molar-refractivity contribution in [1.29, 1.82) is 0 Å². The van der Waals surface area contributed by atoms with Gasteiger partial charge in [0.15, 0.2) is 0 Å². The molecule has 0 aromatic carbocycles. The van der Waals surface area contributed by atoms with Crippen LogP contribution in [-0.2, 0) is 0 Å². The first-order valence-electron chi connectivity index (χ1n) is 6.08. The van der Waals surface area contributed by atoms with Crippen LogP contribution in [0.2, 0.25) is 0 Å². The molecule has 0 fully saturated rings. The smallest absolute Gasteiger partial charge is 0.0614 e. The standard InChI is InChI=1S/C13H30P.BrH/c1-11(2)8-14(7,9-12(3)4)10-13(5)6;/h11-13H,8-10H2,1-7H3;1H/q+1;/p-1. The molecule has 15 heavy (non-hydrogen) atoms. The minimum absolute atomic E-state index is 0. The summed E-state index contributed by atoms with van der Waals surface area (Å²) in [4.78, 5) is 0. The van der Waals surface area contributed by atoms with E-state index in [-0.39, 0.29) is 17.0 Å². The van der Waals surface area contributed by atoms with E-state index in [2.05, 4.69) is 48.2 Å². The third kappa shape index (κ3) is 9.82. The van der Waals surface area contributed by atoms with E-state index in [0.717, 1.165) is 17.8 Å². The van der Waals surface area contributed by atoms with Gasteiger partial charge in [-0.05, 0) is 17.8 Å². The Balaban J connectivity index is 0. The molecule has 0 aromatic rings. The molecule has 0 aliphatic rings. The van der Waals surface area contributed by atoms with Gasteiger partial charge in [0, 0.05) is 13.9 Å². The van der Waals surface area contributed by atoms with Gasteiger partial charge in [-0.1, -0.05) is 41.5 Å². The fourth-order valence-corrected chi connectivity index (χ4v) is 8.60. The highest BCUT2D eigenvalue weighted by Gasteiger charge is 2.33. The van der Waals surface area contributed by atoms with Crippen LogP contribution >= 0.6 is 7.26 Å². The van der Waals surface area contributed by atoms with Crippen molar-refractivity contribution in [2.45, 2.75) is 41.5 Å². The second-order valence-electron chi connectivity index (χ2n) is 6.35. The molecule has 2 heteroatoms. The van der Waals surface area contributed by atoms with Crippen molar-refractivity contribution in [3.63, 3.8) is 0 Å². The highest BCUT2D eigenvalue weighted by molar-refractivity contribution is 7.75. The van der Waals surface area contributed by atoms with Crippen LogP contribution in [-0.4, -0.2) is 25.2 Å². The molecule has 0 amide bonds. The van der Waals surface area contributed by atoms with E-state index in [1.54, 1.807) is 0 Å². The number of rotatable bonds is 6. The summed E-state index contributed by atoms with van der Waals surface area (Å²) in [5.41, 5.74) is 0. The van der Waals surface area contributed by atoms with E-state index >= 15 is 0 Å². The summed E-state index contributed by atoms with van der Waals surface area (Å²) in [7, 11) is -0.638. The Kier molecular flexibility index (Phi) is 9.83. The Morgan fingerprint density at radius 3 is 1.00 bits per heavy atom. The van der Waals surface area contributed by atoms with Crippen molar-refractivity contribution < 1.29 is 17.0 Å². The van der Waals surface area contributed by atoms with Gasteiger partial charge in [0.2, 0.25) is 0 Å². The largest absolute Gasteiger partial charge is 1.00 e. The Hall–Kier alpha value is 0.910. The van der Waals surface area contributed by atoms with Gasteiger partial charge in [0.1, 0.15) is 0 Å². The van der Waals surface area contributed by atoms with Crippen LogP contribution in [0.15, 0.2) is 0 Å². The van der Waals surface area contributed by atoms with Gasteiger partial charge in [0.25, 0.3) is 0 Å². The first kappa shape index (κ1) is 18.3. The summed E-state index contributed by atoms with van der Waals surface area (Å²) in [5.74, 6) is 2.64. The summed E-state index contributed by atoms with van der Waals surface area (Å²) in [6.45, 7) is 16.8. The van der Waals surface area contributed by atoms with Crippen molar-refractivity contribution >= 4 is 7.26 Å². The Bertz CT molecular complexity index is 126. The zero-order valence-corrected chi connectivity index (χ0v) is 14.2. The Morgan fingerprint density at radius 1 is 0.667 bits per heavy atom. The van der Waals surface area contributed by atoms with Gasteiger partial charge in [-0.15, -0.1) is 0 Å². The lowest BCUT2D eigenvalue weighted by Gasteiger charge is -2.28. The molecule has 0 saturated carbocycles. The summed E-state index contributed by atoms with van der Waals surface area (Å²) in [5, 5.41) is 0. The molecule has 0 spiro atoms. The maximum absolute atomic E-state index is 2.59. The highest BCUT2D eigenvalue weighted by Crippen LogP contribution is 2.58. The molecule has 0 heterocycles. The first-order chi connectivity index (χ1) is 6.25. The SMILES string of the molecule is CC(C)C[P+](C)(CC(C)C)CC(C)C.[Br-]. The molecule has 0 rings (SSSR count). The molecular weight excluding hydrogens is 267 g/mol. The van der Waals surface area contributed by atoms with Crippen LogP contribution in [0.1, 0.15) is 41.5 Å². The maximum atomic E-state index is 2.59. The number of hydrogen-bond donors (Lipinski definition) is 0. The van der Waals surface area contributed by atoms with Gasteiger partial charge in [0.05, 0.1) is 18.5 Å². The molecule has 94 valence electrons. The van der Waals surface area contributed by atoms with Crippen molar-refractivity contribution in [2.75, 3.05) is 25.2 Å². The molecule has 0 radical (unpaired) electrons. The van der Waals surface area contributed by atoms with Crippen LogP contribution < -0.4 is 17.0 Å². The van der Waals surface area contributed by atoms with E-state index in [9.17, 15) is 0 Å². The van der Waals surface area contributed by atoms with Gasteiger partial charge in [-0.3, -0.25) is 0 Å². The third-order valence-corrected chi connectivity index (χ3v) is 7.25. The van der Waals surface area contributed by atoms with Crippen molar-refractivity contribution in [1.82, 2.24) is 0 Å². The normalized spacial score (nSPS) is 12.4. The predicted molar refractivity (Wildman–Crippen MR) is 72.0 cm³/mol. The average Bonchev–Trinajstić information content (AvgIpc) is 1.76. The third-order valence-electron chi connectivity index (χ3n) is 2.42. The molecule has 0 aliphatic carbocycles. The molecule has 0 nitrogen and oxygen atoms in total. The van der Waals surface area contributed by atoms with Crippen LogP contribution in [0, 0.1) is 17.8 Å². The zero-order valence-electron chi connectivity index (χ0n) is 11.7. The van der Waals surface area contributed by atoms with E-state index in [1.807, 2.05) is 0 Å². The topological polar surface area (TPSA) is 0 Å². The minimum atomic E-state index is -0.638. The van der Waals surface area contributed by atoms with Crippen LogP contribution in [0.25, 0.3) is 0 Å². The van der Waals surface area contributed by atoms with Crippen molar-refractivity contribution in [2.24, 2.45) is 17.8 Å². The van der Waals surface area contributed by atoms with E-state index in [4.69, 9.17) is 0 Å². The van der Waals surface area contributed by atoms with E-state index in [1.165, 1.54) is 18.5 Å². The fraction of sp³-hybridized carbons (Fsp3) is 1.00. The lowest BCUT2D eigenvalue weighted by molar-refractivity contribution is -0.00000396. The molecule has 0 aliphatic heterocycles. The second-order valence-corrected chi connectivity index (χ2v) is 10.7. The molecule has 0 saturated heterocycles. The van der Waals surface area contributed by atoms with E-state index in [0.29, 0.717) is 0 Å². The molecule has 0 atom stereocenters. The van der Waals surface area contributed by atoms with E-state index < -0.39 is 7.26 Å². The summed E-state index contributed by atoms with van der Waals surface area (Å²) < 4.78 is 0. The van der Waals surface area contributed by atoms with Crippen molar-refractivity contribution in [3.05, 3.63) is 0 Å². The molecule has 0 aromatic heterocycles. The van der Waals surface area contributed by atoms with Gasteiger partial charge >= 0.3 is 0 Å². The predicted octanol–water partition coefficient (Wildman–Crippen LogP) is 1.61. The van der Waals surface area contributed by atoms with Crippen LogP contribution in [0.5, 0.6) is 0 Å². The lowest BCUT2D eigenvalue weighted by Crippen LogP contribution is -3.00. The monoisotopic (exact) mass is 296 g/mol. The zero-order chi connectivity index (χ0) is 11.4. The fourth-order valence-electron chi connectivity index (χ4n) is 2.87. The number of hydrogen-bond acceptors (Lipinski definition) is 0. The lowest BCUT2D eigenvalue weighted by atomic mass is 10.3. The van der Waals surface area contributed by atoms with Gasteiger partial charge in [-0.25, -0.2) is 0 Å². The quantitative estimate of drug-likeness (QED) is 0.653. The van der Waals surface area contributed by atoms with Crippen LogP contribution in [0.4, 0.5) is 0 Å². The molecule has 0 N–H and O–H groups in total. The Morgan fingerprint density at radius 2 is 0.867 bits per heavy atom. The minimum Gasteiger partial charge on any atom is -1.00 e. The van der Waals surface area contributed by atoms with Crippen LogP contribution in [0.3, 0.4) is 0 Å². The molecule has 0 bridgehead atoms. The van der Waals surface area contributed by atoms with Gasteiger partial charge in [-0.2, -0.15) is 0 Å². The number of halogens is 1. The molecular formula is C13H30BrP. The maximum Gasteiger partial charge on any atom is 0.0614 e. The molecule has 0 unspecified atom stereocenters. The Labute approximate surface area is 109 Å². The summed E-state index contributed by atoms with van der Waals surface area (Å²) >= 11 is 0. The summed E-state index contributed by atoms with van der Waals surface area (Å²) in [6.07, 6.45) is 4.47. The first-order valence-corrected chi connectivity index (χ1v) is 8.88. The van der Waals surface area contributed by atoms with Crippen molar-refractivity contribution in [3.8, 4) is 0 Å². The second kappa shape index (κ2) is 8.07. The highest BCUT2D eigenvalue weighted by atomic mass is 79.9.